The summed E-state index contributed by atoms with van der Waals surface area (Å²) in [5.41, 5.74) is 0.881. The highest BCUT2D eigenvalue weighted by atomic mass is 16.7. The normalized spacial score (nSPS) is 10.9. The molecular weight excluding hydrogens is 284 g/mol. The van der Waals surface area contributed by atoms with Crippen LogP contribution < -0.4 is 15.4 Å². The minimum Gasteiger partial charge on any atom is -0.496 e. The average molecular weight is 308 g/mol. The van der Waals surface area contributed by atoms with Crippen molar-refractivity contribution in [1.82, 2.24) is 10.6 Å². The van der Waals surface area contributed by atoms with Crippen molar-refractivity contribution < 1.29 is 19.0 Å². The molecule has 122 valence electrons. The van der Waals surface area contributed by atoms with Gasteiger partial charge in [-0.15, -0.1) is 0 Å². The Morgan fingerprint density at radius 2 is 1.91 bits per heavy atom. The predicted molar refractivity (Wildman–Crippen MR) is 85.6 cm³/mol. The molecule has 2 amide bonds. The van der Waals surface area contributed by atoms with Crippen LogP contribution in [0.2, 0.25) is 0 Å². The highest BCUT2D eigenvalue weighted by molar-refractivity contribution is 5.76. The third kappa shape index (κ3) is 6.60. The van der Waals surface area contributed by atoms with Crippen LogP contribution in [0.1, 0.15) is 19.4 Å². The summed E-state index contributed by atoms with van der Waals surface area (Å²) >= 11 is 0. The van der Waals surface area contributed by atoms with Crippen LogP contribution in [0.15, 0.2) is 30.5 Å². The van der Waals surface area contributed by atoms with Crippen molar-refractivity contribution in [3.05, 3.63) is 36.0 Å². The molecule has 0 aromatic heterocycles. The van der Waals surface area contributed by atoms with Gasteiger partial charge in [0.2, 0.25) is 0 Å². The number of para-hydroxylation sites is 1. The summed E-state index contributed by atoms with van der Waals surface area (Å²) in [7, 11) is 1.61. The molecule has 0 saturated carbocycles. The number of carbonyl (C=O) groups is 1. The molecule has 0 spiro atoms. The lowest BCUT2D eigenvalue weighted by atomic mass is 10.2. The molecule has 0 saturated heterocycles. The maximum Gasteiger partial charge on any atom is 0.318 e. The minimum atomic E-state index is -0.432. The van der Waals surface area contributed by atoms with Gasteiger partial charge in [-0.25, -0.2) is 4.79 Å². The molecule has 0 aliphatic heterocycles. The minimum absolute atomic E-state index is 0.288. The standard InChI is InChI=1S/C16H24N2O4/c1-4-21-15(22-5-2)12-18-16(19)17-11-10-13-8-6-7-9-14(13)20-3/h6-11,15H,4-5,12H2,1-3H3,(H2,17,18,19)/b11-10+. The molecule has 22 heavy (non-hydrogen) atoms. The molecule has 6 heteroatoms. The summed E-state index contributed by atoms with van der Waals surface area (Å²) < 4.78 is 15.9. The summed E-state index contributed by atoms with van der Waals surface area (Å²) in [6.07, 6.45) is 2.89. The third-order valence-electron chi connectivity index (χ3n) is 2.75. The molecule has 6 nitrogen and oxygen atoms in total. The van der Waals surface area contributed by atoms with Crippen LogP contribution in [-0.4, -0.2) is 39.2 Å². The number of hydrogen-bond acceptors (Lipinski definition) is 4. The van der Waals surface area contributed by atoms with E-state index in [0.717, 1.165) is 11.3 Å². The highest BCUT2D eigenvalue weighted by Gasteiger charge is 2.08. The fourth-order valence-electron chi connectivity index (χ4n) is 1.78. The zero-order chi connectivity index (χ0) is 16.2. The van der Waals surface area contributed by atoms with Crippen molar-refractivity contribution in [2.45, 2.75) is 20.1 Å². The Hall–Kier alpha value is -2.05. The first kappa shape index (κ1) is 18.0. The lowest BCUT2D eigenvalue weighted by Crippen LogP contribution is -2.39. The number of nitrogens with one attached hydrogen (secondary N) is 2. The number of rotatable bonds is 9. The SMILES string of the molecule is CCOC(CNC(=O)N/C=C/c1ccccc1OC)OCC. The van der Waals surface area contributed by atoms with E-state index in [-0.39, 0.29) is 12.6 Å². The summed E-state index contributed by atoms with van der Waals surface area (Å²) in [5.74, 6) is 0.744. The maximum absolute atomic E-state index is 11.7. The van der Waals surface area contributed by atoms with E-state index in [1.54, 1.807) is 19.4 Å². The first-order valence-electron chi connectivity index (χ1n) is 7.28. The number of urea groups is 1. The van der Waals surface area contributed by atoms with Crippen LogP contribution in [0.4, 0.5) is 4.79 Å². The zero-order valence-electron chi connectivity index (χ0n) is 13.3. The number of amides is 2. The van der Waals surface area contributed by atoms with Crippen molar-refractivity contribution >= 4 is 12.1 Å². The van der Waals surface area contributed by atoms with Crippen LogP contribution in [-0.2, 0) is 9.47 Å². The molecule has 0 bridgehead atoms. The number of carbonyl (C=O) groups excluding carboxylic acids is 1. The molecule has 1 rings (SSSR count). The van der Waals surface area contributed by atoms with Crippen LogP contribution in [0, 0.1) is 0 Å². The van der Waals surface area contributed by atoms with Gasteiger partial charge in [0.15, 0.2) is 6.29 Å². The first-order chi connectivity index (χ1) is 10.7. The Labute approximate surface area is 131 Å². The molecule has 0 unspecified atom stereocenters. The van der Waals surface area contributed by atoms with Crippen molar-refractivity contribution in [2.24, 2.45) is 0 Å². The van der Waals surface area contributed by atoms with Crippen molar-refractivity contribution in [3.63, 3.8) is 0 Å². The van der Waals surface area contributed by atoms with Crippen LogP contribution >= 0.6 is 0 Å². The topological polar surface area (TPSA) is 68.8 Å². The fourth-order valence-corrected chi connectivity index (χ4v) is 1.78. The van der Waals surface area contributed by atoms with E-state index < -0.39 is 6.29 Å². The van der Waals surface area contributed by atoms with Gasteiger partial charge in [0.25, 0.3) is 0 Å². The Balaban J connectivity index is 2.40. The van der Waals surface area contributed by atoms with E-state index in [1.165, 1.54) is 0 Å². The fraction of sp³-hybridized carbons (Fsp3) is 0.438. The van der Waals surface area contributed by atoms with Gasteiger partial charge in [-0.1, -0.05) is 18.2 Å². The van der Waals surface area contributed by atoms with E-state index in [4.69, 9.17) is 14.2 Å². The van der Waals surface area contributed by atoms with Crippen LogP contribution in [0.25, 0.3) is 6.08 Å². The third-order valence-corrected chi connectivity index (χ3v) is 2.75. The molecule has 0 radical (unpaired) electrons. The van der Waals surface area contributed by atoms with Gasteiger partial charge in [-0.2, -0.15) is 0 Å². The van der Waals surface area contributed by atoms with E-state index >= 15 is 0 Å². The van der Waals surface area contributed by atoms with E-state index in [2.05, 4.69) is 10.6 Å². The van der Waals surface area contributed by atoms with Gasteiger partial charge >= 0.3 is 6.03 Å². The predicted octanol–water partition coefficient (Wildman–Crippen LogP) is 2.36. The van der Waals surface area contributed by atoms with E-state index in [9.17, 15) is 4.79 Å². The lowest BCUT2D eigenvalue weighted by molar-refractivity contribution is -0.131. The van der Waals surface area contributed by atoms with Crippen molar-refractivity contribution in [3.8, 4) is 5.75 Å². The van der Waals surface area contributed by atoms with Gasteiger partial charge in [0, 0.05) is 25.0 Å². The van der Waals surface area contributed by atoms with Crippen molar-refractivity contribution in [1.29, 1.82) is 0 Å². The summed E-state index contributed by atoms with van der Waals surface area (Å²) in [6.45, 7) is 5.10. The molecular formula is C16H24N2O4. The highest BCUT2D eigenvalue weighted by Crippen LogP contribution is 2.18. The van der Waals surface area contributed by atoms with Crippen molar-refractivity contribution in [2.75, 3.05) is 26.9 Å². The summed E-state index contributed by atoms with van der Waals surface area (Å²) in [5, 5.41) is 5.31. The van der Waals surface area contributed by atoms with E-state index in [1.807, 2.05) is 38.1 Å². The van der Waals surface area contributed by atoms with Gasteiger partial charge < -0.3 is 24.8 Å². The van der Waals surface area contributed by atoms with Gasteiger partial charge in [0.1, 0.15) is 5.75 Å². The second-order valence-electron chi connectivity index (χ2n) is 4.27. The zero-order valence-corrected chi connectivity index (χ0v) is 13.3. The largest absolute Gasteiger partial charge is 0.496 e. The maximum atomic E-state index is 11.7. The first-order valence-corrected chi connectivity index (χ1v) is 7.28. The Morgan fingerprint density at radius 3 is 2.55 bits per heavy atom. The number of hydrogen-bond donors (Lipinski definition) is 2. The van der Waals surface area contributed by atoms with Crippen LogP contribution in [0.5, 0.6) is 5.75 Å². The average Bonchev–Trinajstić information content (AvgIpc) is 2.53. The molecule has 0 heterocycles. The van der Waals surface area contributed by atoms with Gasteiger partial charge in [-0.05, 0) is 26.0 Å². The molecule has 0 aliphatic carbocycles. The van der Waals surface area contributed by atoms with Gasteiger partial charge in [0.05, 0.1) is 13.7 Å². The molecule has 0 fully saturated rings. The molecule has 0 aliphatic rings. The molecule has 1 aromatic carbocycles. The smallest absolute Gasteiger partial charge is 0.318 e. The molecule has 2 N–H and O–H groups in total. The molecule has 0 atom stereocenters. The Kier molecular flexibility index (Phi) is 8.71. The summed E-state index contributed by atoms with van der Waals surface area (Å²) in [6, 6.07) is 7.22. The lowest BCUT2D eigenvalue weighted by Gasteiger charge is -2.17. The number of ether oxygens (including phenoxy) is 3. The molecule has 1 aromatic rings. The second kappa shape index (κ2) is 10.6. The monoisotopic (exact) mass is 308 g/mol. The van der Waals surface area contributed by atoms with Gasteiger partial charge in [-0.3, -0.25) is 0 Å². The van der Waals surface area contributed by atoms with Crippen LogP contribution in [0.3, 0.4) is 0 Å². The Bertz CT molecular complexity index is 471. The van der Waals surface area contributed by atoms with E-state index in [0.29, 0.717) is 13.2 Å². The summed E-state index contributed by atoms with van der Waals surface area (Å²) in [4.78, 5) is 11.7. The Morgan fingerprint density at radius 1 is 1.23 bits per heavy atom. The number of methoxy groups -OCH3 is 1. The number of benzene rings is 1. The second-order valence-corrected chi connectivity index (χ2v) is 4.27. The quantitative estimate of drug-likeness (QED) is 0.687.